The monoisotopic (exact) mass is 463 g/mol. The minimum absolute atomic E-state index is 0.0612. The number of nitrogens with one attached hydrogen (secondary N) is 2. The smallest absolute Gasteiger partial charge is 0.261 e. The third-order valence-corrected chi connectivity index (χ3v) is 6.88. The molecular weight excluding hydrogens is 433 g/mol. The van der Waals surface area contributed by atoms with Gasteiger partial charge in [0.25, 0.3) is 15.9 Å². The molecule has 2 aromatic carbocycles. The number of para-hydroxylation sites is 1. The maximum absolute atomic E-state index is 13.8. The minimum atomic E-state index is -3.98. The Labute approximate surface area is 189 Å². The molecule has 2 N–H and O–H groups in total. The van der Waals surface area contributed by atoms with Crippen LogP contribution in [0.15, 0.2) is 53.4 Å². The molecule has 1 aliphatic rings. The molecule has 0 aliphatic carbocycles. The Morgan fingerprint density at radius 1 is 1.09 bits per heavy atom. The predicted octanol–water partition coefficient (Wildman–Crippen LogP) is 3.24. The zero-order valence-corrected chi connectivity index (χ0v) is 19.6. The van der Waals surface area contributed by atoms with Crippen LogP contribution < -0.4 is 10.0 Å². The molecular formula is C23H30FN3O4S. The summed E-state index contributed by atoms with van der Waals surface area (Å²) in [5.41, 5.74) is -0.0628. The molecule has 1 amide bonds. The largest absolute Gasteiger partial charge is 0.373 e. The Balaban J connectivity index is 1.63. The Morgan fingerprint density at radius 3 is 2.28 bits per heavy atom. The molecule has 0 radical (unpaired) electrons. The van der Waals surface area contributed by atoms with Crippen LogP contribution in [0.2, 0.25) is 0 Å². The molecule has 1 aliphatic heterocycles. The minimum Gasteiger partial charge on any atom is -0.373 e. The second-order valence-electron chi connectivity index (χ2n) is 8.77. The first kappa shape index (κ1) is 24.2. The number of benzene rings is 2. The molecule has 9 heteroatoms. The van der Waals surface area contributed by atoms with Crippen molar-refractivity contribution in [2.24, 2.45) is 0 Å². The molecule has 1 fully saturated rings. The lowest BCUT2D eigenvalue weighted by Crippen LogP contribution is -2.58. The fourth-order valence-electron chi connectivity index (χ4n) is 3.72. The number of rotatable bonds is 7. The number of halogens is 1. The van der Waals surface area contributed by atoms with Gasteiger partial charge >= 0.3 is 0 Å². The number of amides is 1. The Bertz CT molecular complexity index is 1050. The van der Waals surface area contributed by atoms with Crippen molar-refractivity contribution in [1.29, 1.82) is 0 Å². The van der Waals surface area contributed by atoms with Crippen molar-refractivity contribution in [3.63, 3.8) is 0 Å². The van der Waals surface area contributed by atoms with Crippen LogP contribution in [0.5, 0.6) is 0 Å². The van der Waals surface area contributed by atoms with Crippen LogP contribution >= 0.6 is 0 Å². The van der Waals surface area contributed by atoms with Gasteiger partial charge in [-0.25, -0.2) is 12.8 Å². The van der Waals surface area contributed by atoms with Crippen molar-refractivity contribution in [2.45, 2.75) is 50.3 Å². The van der Waals surface area contributed by atoms with E-state index in [9.17, 15) is 17.6 Å². The first-order valence-electron chi connectivity index (χ1n) is 10.5. The summed E-state index contributed by atoms with van der Waals surface area (Å²) < 4.78 is 46.8. The van der Waals surface area contributed by atoms with Gasteiger partial charge in [-0.2, -0.15) is 0 Å². The van der Waals surface area contributed by atoms with Crippen molar-refractivity contribution in [3.05, 3.63) is 59.9 Å². The molecule has 7 nitrogen and oxygen atoms in total. The van der Waals surface area contributed by atoms with E-state index in [2.05, 4.69) is 28.8 Å². The highest BCUT2D eigenvalue weighted by Gasteiger charge is 2.33. The summed E-state index contributed by atoms with van der Waals surface area (Å²) in [5, 5.41) is 2.94. The van der Waals surface area contributed by atoms with Crippen molar-refractivity contribution in [1.82, 2.24) is 10.2 Å². The SMILES string of the molecule is C[C@H]1CN(C(C)(C)CNC(=O)c2ccc(S(=O)(=O)Nc3ccccc3F)cc2)C[C@H](C)O1. The van der Waals surface area contributed by atoms with E-state index in [0.717, 1.165) is 13.1 Å². The van der Waals surface area contributed by atoms with Gasteiger partial charge in [0.05, 0.1) is 22.8 Å². The Hall–Kier alpha value is -2.49. The van der Waals surface area contributed by atoms with Gasteiger partial charge in [-0.3, -0.25) is 14.4 Å². The predicted molar refractivity (Wildman–Crippen MR) is 122 cm³/mol. The summed E-state index contributed by atoms with van der Waals surface area (Å²) in [4.78, 5) is 14.9. The van der Waals surface area contributed by atoms with Crippen molar-refractivity contribution in [3.8, 4) is 0 Å². The van der Waals surface area contributed by atoms with Crippen LogP contribution in [0.25, 0.3) is 0 Å². The average molecular weight is 464 g/mol. The maximum atomic E-state index is 13.8. The van der Waals surface area contributed by atoms with Crippen LogP contribution in [0.4, 0.5) is 10.1 Å². The molecule has 0 unspecified atom stereocenters. The van der Waals surface area contributed by atoms with Gasteiger partial charge < -0.3 is 10.1 Å². The molecule has 174 valence electrons. The fourth-order valence-corrected chi connectivity index (χ4v) is 4.78. The second kappa shape index (κ2) is 9.56. The molecule has 32 heavy (non-hydrogen) atoms. The van der Waals surface area contributed by atoms with Gasteiger partial charge in [0, 0.05) is 30.7 Å². The lowest BCUT2D eigenvalue weighted by atomic mass is 10.00. The highest BCUT2D eigenvalue weighted by Crippen LogP contribution is 2.22. The van der Waals surface area contributed by atoms with Crippen LogP contribution in [0.1, 0.15) is 38.1 Å². The fraction of sp³-hybridized carbons (Fsp3) is 0.435. The van der Waals surface area contributed by atoms with Gasteiger partial charge in [0.2, 0.25) is 0 Å². The van der Waals surface area contributed by atoms with Crippen LogP contribution in [-0.2, 0) is 14.8 Å². The number of anilines is 1. The van der Waals surface area contributed by atoms with Gasteiger partial charge in [0.1, 0.15) is 5.82 Å². The molecule has 2 aromatic rings. The first-order chi connectivity index (χ1) is 15.0. The Kier molecular flexibility index (Phi) is 7.22. The van der Waals surface area contributed by atoms with Gasteiger partial charge in [-0.05, 0) is 64.1 Å². The molecule has 0 saturated carbocycles. The van der Waals surface area contributed by atoms with E-state index >= 15 is 0 Å². The highest BCUT2D eigenvalue weighted by molar-refractivity contribution is 7.92. The average Bonchev–Trinajstić information content (AvgIpc) is 2.73. The summed E-state index contributed by atoms with van der Waals surface area (Å²) in [5.74, 6) is -0.961. The van der Waals surface area contributed by atoms with Gasteiger partial charge in [0.15, 0.2) is 0 Å². The number of morpholine rings is 1. The number of ether oxygens (including phenoxy) is 1. The van der Waals surface area contributed by atoms with Crippen molar-refractivity contribution < 1.29 is 22.3 Å². The molecule has 3 rings (SSSR count). The molecule has 0 bridgehead atoms. The maximum Gasteiger partial charge on any atom is 0.261 e. The molecule has 0 aromatic heterocycles. The van der Waals surface area contributed by atoms with Crippen LogP contribution in [-0.4, -0.2) is 56.6 Å². The third-order valence-electron chi connectivity index (χ3n) is 5.50. The van der Waals surface area contributed by atoms with E-state index in [1.54, 1.807) is 0 Å². The lowest BCUT2D eigenvalue weighted by Gasteiger charge is -2.45. The number of sulfonamides is 1. The van der Waals surface area contributed by atoms with E-state index in [0.29, 0.717) is 12.1 Å². The summed E-state index contributed by atoms with van der Waals surface area (Å²) in [7, 11) is -3.98. The van der Waals surface area contributed by atoms with Gasteiger partial charge in [-0.1, -0.05) is 12.1 Å². The summed E-state index contributed by atoms with van der Waals surface area (Å²) >= 11 is 0. The van der Waals surface area contributed by atoms with Crippen molar-refractivity contribution >= 4 is 21.6 Å². The molecule has 2 atom stereocenters. The number of nitrogens with zero attached hydrogens (tertiary/aromatic N) is 1. The zero-order valence-electron chi connectivity index (χ0n) is 18.8. The third kappa shape index (κ3) is 5.85. The molecule has 0 spiro atoms. The Morgan fingerprint density at radius 2 is 1.69 bits per heavy atom. The topological polar surface area (TPSA) is 87.7 Å². The number of hydrogen-bond donors (Lipinski definition) is 2. The van der Waals surface area contributed by atoms with E-state index in [1.807, 2.05) is 13.8 Å². The number of carbonyl (C=O) groups is 1. The van der Waals surface area contributed by atoms with E-state index in [1.165, 1.54) is 48.5 Å². The van der Waals surface area contributed by atoms with Gasteiger partial charge in [-0.15, -0.1) is 0 Å². The summed E-state index contributed by atoms with van der Waals surface area (Å²) in [6.07, 6.45) is 0.252. The highest BCUT2D eigenvalue weighted by atomic mass is 32.2. The molecule has 1 heterocycles. The van der Waals surface area contributed by atoms with Crippen LogP contribution in [0, 0.1) is 5.82 Å². The zero-order chi connectivity index (χ0) is 23.5. The summed E-state index contributed by atoms with van der Waals surface area (Å²) in [6, 6.07) is 11.1. The van der Waals surface area contributed by atoms with Crippen molar-refractivity contribution in [2.75, 3.05) is 24.4 Å². The lowest BCUT2D eigenvalue weighted by molar-refractivity contribution is -0.0948. The van der Waals surface area contributed by atoms with Crippen LogP contribution in [0.3, 0.4) is 0 Å². The van der Waals surface area contributed by atoms with E-state index in [4.69, 9.17) is 4.74 Å². The standard InChI is InChI=1S/C23H30FN3O4S/c1-16-13-27(14-17(2)31-16)23(3,4)15-25-22(28)18-9-11-19(12-10-18)32(29,30)26-21-8-6-5-7-20(21)24/h5-12,16-17,26H,13-15H2,1-4H3,(H,25,28)/t16-,17-/m0/s1. The van der Waals surface area contributed by atoms with E-state index in [-0.39, 0.29) is 34.2 Å². The second-order valence-corrected chi connectivity index (χ2v) is 10.4. The summed E-state index contributed by atoms with van der Waals surface area (Å²) in [6.45, 7) is 10.2. The van der Waals surface area contributed by atoms with E-state index < -0.39 is 15.8 Å². The molecule has 1 saturated heterocycles. The quantitative estimate of drug-likeness (QED) is 0.658. The normalized spacial score (nSPS) is 20.0. The number of hydrogen-bond acceptors (Lipinski definition) is 5. The number of carbonyl (C=O) groups excluding carboxylic acids is 1. The first-order valence-corrected chi connectivity index (χ1v) is 12.0.